The minimum atomic E-state index is -0.455. The molecule has 4 saturated carbocycles. The van der Waals surface area contributed by atoms with Crippen LogP contribution in [0.3, 0.4) is 0 Å². The van der Waals surface area contributed by atoms with Crippen molar-refractivity contribution in [3.05, 3.63) is 58.2 Å². The van der Waals surface area contributed by atoms with Gasteiger partial charge in [0.2, 0.25) is 0 Å². The van der Waals surface area contributed by atoms with Crippen LogP contribution in [0.4, 0.5) is 9.18 Å². The molecule has 2 amide bonds. The molecule has 0 radical (unpaired) electrons. The first kappa shape index (κ1) is 20.0. The van der Waals surface area contributed by atoms with Gasteiger partial charge in [-0.25, -0.2) is 4.39 Å². The Hall–Kier alpha value is -2.60. The smallest absolute Gasteiger partial charge is 0.290 e. The van der Waals surface area contributed by atoms with Gasteiger partial charge in [0.1, 0.15) is 11.6 Å². The third-order valence-electron chi connectivity index (χ3n) is 7.85. The van der Waals surface area contributed by atoms with Gasteiger partial charge in [-0.15, -0.1) is 0 Å². The fourth-order valence-corrected chi connectivity index (χ4v) is 7.68. The lowest BCUT2D eigenvalue weighted by Gasteiger charge is -2.57. The first-order valence-electron chi connectivity index (χ1n) is 11.3. The van der Waals surface area contributed by atoms with Gasteiger partial charge in [-0.2, -0.15) is 0 Å². The maximum absolute atomic E-state index is 15.1. The van der Waals surface area contributed by atoms with E-state index in [2.05, 4.69) is 5.32 Å². The van der Waals surface area contributed by atoms with Crippen molar-refractivity contribution in [3.63, 3.8) is 0 Å². The minimum absolute atomic E-state index is 0.0231. The van der Waals surface area contributed by atoms with Gasteiger partial charge in [-0.05, 0) is 109 Å². The van der Waals surface area contributed by atoms with Crippen LogP contribution in [0.25, 0.3) is 17.2 Å². The molecule has 5 fully saturated rings. The van der Waals surface area contributed by atoms with E-state index in [1.807, 2.05) is 6.07 Å². The quantitative estimate of drug-likeness (QED) is 0.565. The van der Waals surface area contributed by atoms with Crippen molar-refractivity contribution in [3.8, 4) is 16.9 Å². The van der Waals surface area contributed by atoms with Crippen LogP contribution in [0.1, 0.15) is 49.7 Å². The molecule has 6 heteroatoms. The lowest BCUT2D eigenvalue weighted by atomic mass is 9.48. The van der Waals surface area contributed by atoms with E-state index in [9.17, 15) is 14.7 Å². The summed E-state index contributed by atoms with van der Waals surface area (Å²) in [5, 5.41) is 12.6. The number of phenolic OH excluding ortho intramolecular Hbond substituents is 1. The van der Waals surface area contributed by atoms with E-state index in [1.54, 1.807) is 24.3 Å². The number of benzene rings is 2. The van der Waals surface area contributed by atoms with Gasteiger partial charge >= 0.3 is 0 Å². The molecule has 32 heavy (non-hydrogen) atoms. The van der Waals surface area contributed by atoms with Gasteiger partial charge in [-0.3, -0.25) is 14.9 Å². The van der Waals surface area contributed by atoms with Crippen LogP contribution in [-0.4, -0.2) is 16.3 Å². The molecule has 5 aliphatic rings. The summed E-state index contributed by atoms with van der Waals surface area (Å²) in [4.78, 5) is 23.4. The monoisotopic (exact) mass is 449 g/mol. The molecule has 0 aromatic heterocycles. The van der Waals surface area contributed by atoms with Crippen LogP contribution in [0, 0.1) is 23.6 Å². The molecule has 2 aromatic rings. The largest absolute Gasteiger partial charge is 0.508 e. The van der Waals surface area contributed by atoms with E-state index in [0.29, 0.717) is 16.9 Å². The Bertz CT molecular complexity index is 1150. The number of aromatic hydroxyl groups is 1. The molecule has 4 bridgehead atoms. The number of hydrogen-bond donors (Lipinski definition) is 2. The Kier molecular flexibility index (Phi) is 4.51. The molecule has 0 unspecified atom stereocenters. The average Bonchev–Trinajstić information content (AvgIpc) is 3.04. The molecular weight excluding hydrogens is 425 g/mol. The highest BCUT2D eigenvalue weighted by atomic mass is 32.2. The highest BCUT2D eigenvalue weighted by Gasteiger charge is 2.52. The number of imide groups is 1. The number of nitrogens with one attached hydrogen (secondary N) is 1. The van der Waals surface area contributed by atoms with Crippen molar-refractivity contribution in [1.29, 1.82) is 0 Å². The Balaban J connectivity index is 1.35. The highest BCUT2D eigenvalue weighted by Crippen LogP contribution is 2.62. The summed E-state index contributed by atoms with van der Waals surface area (Å²) in [5.74, 6) is 1.74. The van der Waals surface area contributed by atoms with Gasteiger partial charge in [-0.1, -0.05) is 18.2 Å². The summed E-state index contributed by atoms with van der Waals surface area (Å²) >= 11 is 0.817. The second-order valence-corrected chi connectivity index (χ2v) is 11.0. The molecule has 164 valence electrons. The van der Waals surface area contributed by atoms with Gasteiger partial charge in [0.15, 0.2) is 0 Å². The normalized spacial score (nSPS) is 32.0. The average molecular weight is 450 g/mol. The van der Waals surface area contributed by atoms with Crippen molar-refractivity contribution < 1.29 is 19.1 Å². The molecule has 0 atom stereocenters. The molecular formula is C26H24FNO3S. The summed E-state index contributed by atoms with van der Waals surface area (Å²) < 4.78 is 15.1. The van der Waals surface area contributed by atoms with E-state index in [-0.39, 0.29) is 10.3 Å². The van der Waals surface area contributed by atoms with Crippen molar-refractivity contribution in [2.45, 2.75) is 43.9 Å². The van der Waals surface area contributed by atoms with Crippen LogP contribution in [0.5, 0.6) is 5.75 Å². The van der Waals surface area contributed by atoms with E-state index >= 15 is 4.39 Å². The van der Waals surface area contributed by atoms with Crippen molar-refractivity contribution in [1.82, 2.24) is 5.32 Å². The van der Waals surface area contributed by atoms with E-state index in [1.165, 1.54) is 31.4 Å². The number of phenols is 1. The topological polar surface area (TPSA) is 66.4 Å². The number of halogens is 1. The molecule has 2 N–H and O–H groups in total. The lowest BCUT2D eigenvalue weighted by molar-refractivity contribution is -0.115. The fourth-order valence-electron chi connectivity index (χ4n) is 7.00. The summed E-state index contributed by atoms with van der Waals surface area (Å²) in [6, 6.07) is 10.3. The van der Waals surface area contributed by atoms with Gasteiger partial charge in [0.25, 0.3) is 11.1 Å². The zero-order valence-electron chi connectivity index (χ0n) is 17.6. The van der Waals surface area contributed by atoms with Crippen LogP contribution in [-0.2, 0) is 10.2 Å². The number of hydrogen-bond acceptors (Lipinski definition) is 4. The van der Waals surface area contributed by atoms with Gasteiger partial charge in [0, 0.05) is 11.1 Å². The Labute approximate surface area is 190 Å². The number of amides is 2. The van der Waals surface area contributed by atoms with E-state index in [0.717, 1.165) is 59.9 Å². The summed E-state index contributed by atoms with van der Waals surface area (Å²) in [6.45, 7) is 0. The molecule has 1 saturated heterocycles. The maximum atomic E-state index is 15.1. The second-order valence-electron chi connectivity index (χ2n) is 10.0. The molecule has 1 aliphatic heterocycles. The predicted molar refractivity (Wildman–Crippen MR) is 122 cm³/mol. The summed E-state index contributed by atoms with van der Waals surface area (Å²) in [5.41, 5.74) is 2.76. The molecule has 4 aliphatic carbocycles. The molecule has 2 aromatic carbocycles. The predicted octanol–water partition coefficient (Wildman–Crippen LogP) is 5.99. The first-order chi connectivity index (χ1) is 15.4. The highest BCUT2D eigenvalue weighted by molar-refractivity contribution is 8.18. The lowest BCUT2D eigenvalue weighted by Crippen LogP contribution is -2.48. The van der Waals surface area contributed by atoms with Crippen molar-refractivity contribution >= 4 is 29.0 Å². The Morgan fingerprint density at radius 1 is 1.00 bits per heavy atom. The molecule has 1 heterocycles. The zero-order valence-corrected chi connectivity index (χ0v) is 18.4. The molecule has 7 rings (SSSR count). The third kappa shape index (κ3) is 3.27. The Morgan fingerprint density at radius 3 is 2.28 bits per heavy atom. The zero-order chi connectivity index (χ0) is 22.0. The number of rotatable bonds is 3. The minimum Gasteiger partial charge on any atom is -0.508 e. The van der Waals surface area contributed by atoms with Crippen molar-refractivity contribution in [2.75, 3.05) is 0 Å². The molecule has 4 nitrogen and oxygen atoms in total. The van der Waals surface area contributed by atoms with Crippen LogP contribution < -0.4 is 5.32 Å². The summed E-state index contributed by atoms with van der Waals surface area (Å²) in [6.07, 6.45) is 8.89. The number of thioether (sulfide) groups is 1. The van der Waals surface area contributed by atoms with Crippen molar-refractivity contribution in [2.24, 2.45) is 17.8 Å². The summed E-state index contributed by atoms with van der Waals surface area (Å²) in [7, 11) is 0. The van der Waals surface area contributed by atoms with Gasteiger partial charge in [0.05, 0.1) is 4.91 Å². The van der Waals surface area contributed by atoms with E-state index < -0.39 is 17.0 Å². The number of carbonyl (C=O) groups is 2. The van der Waals surface area contributed by atoms with Crippen LogP contribution >= 0.6 is 11.8 Å². The standard InChI is InChI=1S/C26H24FNO3S/c27-21-8-14(9-23-24(30)28-25(31)32-23)1-3-19(21)18-2-4-22(29)20(10-18)26-11-15-5-16(12-26)7-17(6-15)13-26/h1-4,8-10,15-17,29H,5-7,11-13H2,(H,28,30,31). The Morgan fingerprint density at radius 2 is 1.69 bits per heavy atom. The number of carbonyl (C=O) groups excluding carboxylic acids is 2. The maximum Gasteiger partial charge on any atom is 0.290 e. The van der Waals surface area contributed by atoms with Crippen LogP contribution in [0.15, 0.2) is 41.3 Å². The fraction of sp³-hybridized carbons (Fsp3) is 0.385. The third-order valence-corrected chi connectivity index (χ3v) is 8.66. The second kappa shape index (κ2) is 7.20. The van der Waals surface area contributed by atoms with E-state index in [4.69, 9.17) is 0 Å². The first-order valence-corrected chi connectivity index (χ1v) is 12.1. The van der Waals surface area contributed by atoms with Gasteiger partial charge < -0.3 is 5.11 Å². The van der Waals surface area contributed by atoms with Crippen LogP contribution in [0.2, 0.25) is 0 Å². The molecule has 0 spiro atoms. The SMILES string of the molecule is O=C1NC(=O)C(=Cc2ccc(-c3ccc(O)c(C45CC6CC(CC(C6)C4)C5)c3)c(F)c2)S1.